The first-order valence-corrected chi connectivity index (χ1v) is 5.90. The second-order valence-electron chi connectivity index (χ2n) is 6.06. The topological polar surface area (TPSA) is 38.0 Å². The second-order valence-corrected chi connectivity index (χ2v) is 6.06. The van der Waals surface area contributed by atoms with Gasteiger partial charge in [0, 0.05) is 6.04 Å². The Bertz CT molecular complexity index is 405. The monoisotopic (exact) mass is 218 g/mol. The molecule has 1 fully saturated rings. The standard InChI is InChI=1S/C14H22N2/c1-9-7-6-8-10(11(9)15)16-12-13(2,3)14(12,4)5/h6-8,12,16H,15H2,1-5H3. The van der Waals surface area contributed by atoms with Gasteiger partial charge in [-0.25, -0.2) is 0 Å². The van der Waals surface area contributed by atoms with Crippen molar-refractivity contribution in [1.29, 1.82) is 0 Å². The molecule has 88 valence electrons. The normalized spacial score (nSPS) is 21.8. The molecule has 2 nitrogen and oxygen atoms in total. The molecule has 2 heteroatoms. The highest BCUT2D eigenvalue weighted by Crippen LogP contribution is 2.63. The van der Waals surface area contributed by atoms with Crippen LogP contribution in [0.4, 0.5) is 11.4 Å². The number of para-hydroxylation sites is 1. The van der Waals surface area contributed by atoms with Gasteiger partial charge in [0.15, 0.2) is 0 Å². The van der Waals surface area contributed by atoms with Crippen molar-refractivity contribution in [2.75, 3.05) is 11.1 Å². The number of rotatable bonds is 2. The maximum atomic E-state index is 6.07. The van der Waals surface area contributed by atoms with E-state index in [2.05, 4.69) is 45.1 Å². The van der Waals surface area contributed by atoms with Crippen LogP contribution in [0, 0.1) is 17.8 Å². The summed E-state index contributed by atoms with van der Waals surface area (Å²) in [5, 5.41) is 3.58. The summed E-state index contributed by atoms with van der Waals surface area (Å²) in [4.78, 5) is 0. The van der Waals surface area contributed by atoms with Crippen molar-refractivity contribution in [1.82, 2.24) is 0 Å². The summed E-state index contributed by atoms with van der Waals surface area (Å²) in [6, 6.07) is 6.66. The highest BCUT2D eigenvalue weighted by molar-refractivity contribution is 5.70. The Morgan fingerprint density at radius 2 is 1.69 bits per heavy atom. The lowest BCUT2D eigenvalue weighted by molar-refractivity contribution is 0.457. The second kappa shape index (κ2) is 3.16. The molecule has 0 heterocycles. The minimum absolute atomic E-state index is 0.336. The van der Waals surface area contributed by atoms with E-state index >= 15 is 0 Å². The highest BCUT2D eigenvalue weighted by atomic mass is 15.1. The van der Waals surface area contributed by atoms with Crippen LogP contribution in [0.3, 0.4) is 0 Å². The van der Waals surface area contributed by atoms with Gasteiger partial charge in [-0.05, 0) is 29.4 Å². The van der Waals surface area contributed by atoms with Crippen molar-refractivity contribution in [3.63, 3.8) is 0 Å². The zero-order valence-corrected chi connectivity index (χ0v) is 10.9. The predicted molar refractivity (Wildman–Crippen MR) is 70.6 cm³/mol. The van der Waals surface area contributed by atoms with Crippen LogP contribution < -0.4 is 11.1 Å². The van der Waals surface area contributed by atoms with Gasteiger partial charge >= 0.3 is 0 Å². The first-order chi connectivity index (χ1) is 7.28. The van der Waals surface area contributed by atoms with Gasteiger partial charge in [0.05, 0.1) is 11.4 Å². The van der Waals surface area contributed by atoms with Crippen molar-refractivity contribution in [3.05, 3.63) is 23.8 Å². The average molecular weight is 218 g/mol. The summed E-state index contributed by atoms with van der Waals surface area (Å²) in [7, 11) is 0. The number of nitrogens with two attached hydrogens (primary N) is 1. The Kier molecular flexibility index (Phi) is 2.23. The Morgan fingerprint density at radius 1 is 1.12 bits per heavy atom. The maximum absolute atomic E-state index is 6.07. The lowest BCUT2D eigenvalue weighted by Gasteiger charge is -2.12. The summed E-state index contributed by atoms with van der Waals surface area (Å²) in [5.74, 6) is 0. The van der Waals surface area contributed by atoms with E-state index in [1.807, 2.05) is 13.0 Å². The van der Waals surface area contributed by atoms with E-state index in [0.29, 0.717) is 16.9 Å². The quantitative estimate of drug-likeness (QED) is 0.746. The zero-order chi connectivity index (χ0) is 12.1. The van der Waals surface area contributed by atoms with E-state index in [0.717, 1.165) is 16.9 Å². The Hall–Kier alpha value is -1.18. The fourth-order valence-corrected chi connectivity index (χ4v) is 2.52. The number of hydrogen-bond acceptors (Lipinski definition) is 2. The lowest BCUT2D eigenvalue weighted by Crippen LogP contribution is -2.11. The summed E-state index contributed by atoms with van der Waals surface area (Å²) < 4.78 is 0. The van der Waals surface area contributed by atoms with E-state index in [4.69, 9.17) is 5.73 Å². The molecule has 1 aliphatic rings. The molecule has 3 N–H and O–H groups in total. The van der Waals surface area contributed by atoms with Crippen LogP contribution >= 0.6 is 0 Å². The molecule has 0 bridgehead atoms. The Morgan fingerprint density at radius 3 is 2.19 bits per heavy atom. The molecule has 0 atom stereocenters. The number of benzene rings is 1. The third-order valence-electron chi connectivity index (χ3n) is 4.64. The molecule has 0 amide bonds. The van der Waals surface area contributed by atoms with Gasteiger partial charge in [-0.2, -0.15) is 0 Å². The minimum Gasteiger partial charge on any atom is -0.397 e. The van der Waals surface area contributed by atoms with E-state index < -0.39 is 0 Å². The van der Waals surface area contributed by atoms with Crippen molar-refractivity contribution >= 4 is 11.4 Å². The van der Waals surface area contributed by atoms with Crippen LogP contribution in [0.15, 0.2) is 18.2 Å². The third-order valence-corrected chi connectivity index (χ3v) is 4.64. The molecule has 0 unspecified atom stereocenters. The predicted octanol–water partition coefficient (Wildman–Crippen LogP) is 3.42. The van der Waals surface area contributed by atoms with Gasteiger partial charge in [-0.3, -0.25) is 0 Å². The fourth-order valence-electron chi connectivity index (χ4n) is 2.52. The molecule has 1 saturated carbocycles. The minimum atomic E-state index is 0.336. The van der Waals surface area contributed by atoms with E-state index in [1.165, 1.54) is 0 Å². The van der Waals surface area contributed by atoms with Crippen LogP contribution in [-0.2, 0) is 0 Å². The molecule has 0 aromatic heterocycles. The molecule has 1 aromatic rings. The van der Waals surface area contributed by atoms with Gasteiger partial charge in [0.1, 0.15) is 0 Å². The number of nitrogens with one attached hydrogen (secondary N) is 1. The molecule has 2 rings (SSSR count). The van der Waals surface area contributed by atoms with Crippen molar-refractivity contribution in [2.24, 2.45) is 10.8 Å². The molecule has 0 radical (unpaired) electrons. The maximum Gasteiger partial charge on any atom is 0.0579 e. The van der Waals surface area contributed by atoms with Crippen molar-refractivity contribution in [3.8, 4) is 0 Å². The first kappa shape index (κ1) is 11.3. The number of anilines is 2. The molecule has 1 aliphatic carbocycles. The molecular weight excluding hydrogens is 196 g/mol. The first-order valence-electron chi connectivity index (χ1n) is 5.90. The highest BCUT2D eigenvalue weighted by Gasteiger charge is 2.64. The van der Waals surface area contributed by atoms with E-state index in [1.54, 1.807) is 0 Å². The smallest absolute Gasteiger partial charge is 0.0579 e. The SMILES string of the molecule is Cc1cccc(NC2C(C)(C)C2(C)C)c1N. The molecule has 0 aliphatic heterocycles. The van der Waals surface area contributed by atoms with Crippen molar-refractivity contribution in [2.45, 2.75) is 40.7 Å². The van der Waals surface area contributed by atoms with Crippen LogP contribution in [0.1, 0.15) is 33.3 Å². The zero-order valence-electron chi connectivity index (χ0n) is 10.9. The average Bonchev–Trinajstić information content (AvgIpc) is 2.55. The molecule has 16 heavy (non-hydrogen) atoms. The third kappa shape index (κ3) is 1.40. The van der Waals surface area contributed by atoms with Crippen LogP contribution in [0.5, 0.6) is 0 Å². The van der Waals surface area contributed by atoms with Crippen LogP contribution in [-0.4, -0.2) is 6.04 Å². The Labute approximate surface area is 98.2 Å². The van der Waals surface area contributed by atoms with Gasteiger partial charge in [0.2, 0.25) is 0 Å². The van der Waals surface area contributed by atoms with Gasteiger partial charge in [-0.1, -0.05) is 39.8 Å². The summed E-state index contributed by atoms with van der Waals surface area (Å²) in [6.45, 7) is 11.3. The number of aryl methyl sites for hydroxylation is 1. The molecule has 0 spiro atoms. The number of hydrogen-bond donors (Lipinski definition) is 2. The van der Waals surface area contributed by atoms with Gasteiger partial charge < -0.3 is 11.1 Å². The van der Waals surface area contributed by atoms with E-state index in [-0.39, 0.29) is 0 Å². The fraction of sp³-hybridized carbons (Fsp3) is 0.571. The van der Waals surface area contributed by atoms with Crippen LogP contribution in [0.25, 0.3) is 0 Å². The van der Waals surface area contributed by atoms with E-state index in [9.17, 15) is 0 Å². The van der Waals surface area contributed by atoms with Crippen LogP contribution in [0.2, 0.25) is 0 Å². The van der Waals surface area contributed by atoms with Gasteiger partial charge in [0.25, 0.3) is 0 Å². The summed E-state index contributed by atoms with van der Waals surface area (Å²) in [6.07, 6.45) is 0. The molecule has 0 saturated heterocycles. The Balaban J connectivity index is 2.21. The van der Waals surface area contributed by atoms with Gasteiger partial charge in [-0.15, -0.1) is 0 Å². The molecule has 1 aromatic carbocycles. The lowest BCUT2D eigenvalue weighted by atomic mass is 10.0. The van der Waals surface area contributed by atoms with Crippen molar-refractivity contribution < 1.29 is 0 Å². The summed E-state index contributed by atoms with van der Waals surface area (Å²) in [5.41, 5.74) is 9.84. The summed E-state index contributed by atoms with van der Waals surface area (Å²) >= 11 is 0. The number of nitrogen functional groups attached to an aromatic ring is 1. The largest absolute Gasteiger partial charge is 0.397 e. The molecular formula is C14H22N2.